The first-order valence-electron chi connectivity index (χ1n) is 10.1. The number of benzene rings is 1. The molecule has 0 saturated carbocycles. The van der Waals surface area contributed by atoms with Crippen molar-refractivity contribution in [2.75, 3.05) is 26.2 Å². The van der Waals surface area contributed by atoms with Crippen LogP contribution in [-0.4, -0.2) is 57.9 Å². The molecule has 1 amide bonds. The SMILES string of the molecule is O=C(NCCc1nnc2n1CCN(Cc1c(F)cccc1F)CC2)[C@@H]1CCCO1. The summed E-state index contributed by atoms with van der Waals surface area (Å²) in [6.07, 6.45) is 2.59. The molecule has 0 spiro atoms. The average molecular weight is 405 g/mol. The molecule has 1 atom stereocenters. The van der Waals surface area contributed by atoms with Crippen molar-refractivity contribution < 1.29 is 18.3 Å². The van der Waals surface area contributed by atoms with Crippen LogP contribution in [0.5, 0.6) is 0 Å². The zero-order chi connectivity index (χ0) is 20.2. The molecule has 2 aliphatic rings. The van der Waals surface area contributed by atoms with Crippen LogP contribution in [0.25, 0.3) is 0 Å². The maximum atomic E-state index is 14.0. The van der Waals surface area contributed by atoms with Crippen molar-refractivity contribution in [1.82, 2.24) is 25.0 Å². The van der Waals surface area contributed by atoms with E-state index >= 15 is 0 Å². The summed E-state index contributed by atoms with van der Waals surface area (Å²) >= 11 is 0. The van der Waals surface area contributed by atoms with Gasteiger partial charge in [0.05, 0.1) is 0 Å². The maximum Gasteiger partial charge on any atom is 0.249 e. The molecule has 0 bridgehead atoms. The highest BCUT2D eigenvalue weighted by molar-refractivity contribution is 5.80. The molecule has 1 aromatic carbocycles. The van der Waals surface area contributed by atoms with Gasteiger partial charge in [0.1, 0.15) is 29.4 Å². The van der Waals surface area contributed by atoms with E-state index in [0.29, 0.717) is 45.6 Å². The Morgan fingerprint density at radius 1 is 1.21 bits per heavy atom. The molecule has 1 fully saturated rings. The number of amides is 1. The topological polar surface area (TPSA) is 72.3 Å². The highest BCUT2D eigenvalue weighted by atomic mass is 19.1. The number of ether oxygens (including phenoxy) is 1. The first kappa shape index (κ1) is 19.9. The van der Waals surface area contributed by atoms with E-state index < -0.39 is 11.6 Å². The van der Waals surface area contributed by atoms with E-state index in [9.17, 15) is 13.6 Å². The lowest BCUT2D eigenvalue weighted by Gasteiger charge is -2.20. The highest BCUT2D eigenvalue weighted by Crippen LogP contribution is 2.17. The van der Waals surface area contributed by atoms with E-state index in [1.165, 1.54) is 18.2 Å². The van der Waals surface area contributed by atoms with Gasteiger partial charge in [-0.15, -0.1) is 10.2 Å². The molecule has 7 nitrogen and oxygen atoms in total. The van der Waals surface area contributed by atoms with Crippen molar-refractivity contribution in [3.05, 3.63) is 47.0 Å². The van der Waals surface area contributed by atoms with Crippen LogP contribution in [0.3, 0.4) is 0 Å². The largest absolute Gasteiger partial charge is 0.368 e. The molecule has 2 aromatic rings. The van der Waals surface area contributed by atoms with Gasteiger partial charge in [0.15, 0.2) is 0 Å². The van der Waals surface area contributed by atoms with E-state index in [4.69, 9.17) is 4.74 Å². The van der Waals surface area contributed by atoms with Crippen molar-refractivity contribution in [3.8, 4) is 0 Å². The van der Waals surface area contributed by atoms with Gasteiger partial charge in [-0.3, -0.25) is 9.69 Å². The molecule has 0 aliphatic carbocycles. The van der Waals surface area contributed by atoms with Crippen molar-refractivity contribution >= 4 is 5.91 Å². The summed E-state index contributed by atoms with van der Waals surface area (Å²) in [5.41, 5.74) is 0.0993. The van der Waals surface area contributed by atoms with Crippen LogP contribution in [0.1, 0.15) is 30.1 Å². The Balaban J connectivity index is 1.32. The van der Waals surface area contributed by atoms with Crippen LogP contribution in [-0.2, 0) is 35.5 Å². The number of carbonyl (C=O) groups is 1. The van der Waals surface area contributed by atoms with Crippen LogP contribution in [0.4, 0.5) is 8.78 Å². The highest BCUT2D eigenvalue weighted by Gasteiger charge is 2.24. The third-order valence-electron chi connectivity index (χ3n) is 5.51. The number of hydrogen-bond donors (Lipinski definition) is 1. The van der Waals surface area contributed by atoms with Gasteiger partial charge >= 0.3 is 0 Å². The summed E-state index contributed by atoms with van der Waals surface area (Å²) in [4.78, 5) is 14.1. The molecule has 2 aliphatic heterocycles. The molecule has 0 radical (unpaired) electrons. The zero-order valence-corrected chi connectivity index (χ0v) is 16.2. The average Bonchev–Trinajstić information content (AvgIpc) is 3.33. The summed E-state index contributed by atoms with van der Waals surface area (Å²) in [6.45, 7) is 3.29. The molecule has 0 unspecified atom stereocenters. The second kappa shape index (κ2) is 8.96. The Morgan fingerprint density at radius 2 is 2.03 bits per heavy atom. The molecule has 3 heterocycles. The Labute approximate surface area is 168 Å². The number of nitrogens with zero attached hydrogens (tertiary/aromatic N) is 4. The second-order valence-corrected chi connectivity index (χ2v) is 7.45. The first-order valence-corrected chi connectivity index (χ1v) is 10.1. The summed E-state index contributed by atoms with van der Waals surface area (Å²) in [6, 6.07) is 3.95. The van der Waals surface area contributed by atoms with Gasteiger partial charge in [0.25, 0.3) is 0 Å². The number of aromatic nitrogens is 3. The van der Waals surface area contributed by atoms with Crippen molar-refractivity contribution in [1.29, 1.82) is 0 Å². The van der Waals surface area contributed by atoms with Gasteiger partial charge in [-0.05, 0) is 25.0 Å². The Hall–Kier alpha value is -2.39. The fraction of sp³-hybridized carbons (Fsp3) is 0.550. The zero-order valence-electron chi connectivity index (χ0n) is 16.2. The predicted molar refractivity (Wildman–Crippen MR) is 101 cm³/mol. The number of carbonyl (C=O) groups excluding carboxylic acids is 1. The van der Waals surface area contributed by atoms with E-state index in [-0.39, 0.29) is 24.1 Å². The summed E-state index contributed by atoms with van der Waals surface area (Å²) in [5, 5.41) is 11.4. The van der Waals surface area contributed by atoms with E-state index in [0.717, 1.165) is 24.5 Å². The van der Waals surface area contributed by atoms with Gasteiger partial charge in [-0.1, -0.05) is 6.07 Å². The van der Waals surface area contributed by atoms with Crippen LogP contribution in [0, 0.1) is 11.6 Å². The standard InChI is InChI=1S/C20H25F2N5O2/c21-15-3-1-4-16(22)14(15)13-26-9-7-19-25-24-18(27(19)11-10-26)6-8-23-20(28)17-5-2-12-29-17/h1,3-4,17H,2,5-13H2,(H,23,28)/t17-/m0/s1. The van der Waals surface area contributed by atoms with Crippen LogP contribution < -0.4 is 5.32 Å². The lowest BCUT2D eigenvalue weighted by Crippen LogP contribution is -2.35. The predicted octanol–water partition coefficient (Wildman–Crippen LogP) is 1.45. The fourth-order valence-electron chi connectivity index (χ4n) is 3.87. The minimum atomic E-state index is -0.517. The molecular weight excluding hydrogens is 380 g/mol. The number of nitrogens with one attached hydrogen (secondary N) is 1. The van der Waals surface area contributed by atoms with E-state index in [1.807, 2.05) is 4.90 Å². The lowest BCUT2D eigenvalue weighted by atomic mass is 10.2. The van der Waals surface area contributed by atoms with Crippen molar-refractivity contribution in [2.24, 2.45) is 0 Å². The Morgan fingerprint density at radius 3 is 2.79 bits per heavy atom. The number of rotatable bonds is 6. The van der Waals surface area contributed by atoms with Gasteiger partial charge in [0.2, 0.25) is 5.91 Å². The maximum absolute atomic E-state index is 14.0. The smallest absolute Gasteiger partial charge is 0.249 e. The Bertz CT molecular complexity index is 846. The normalized spacial score (nSPS) is 19.7. The number of fused-ring (bicyclic) bond motifs is 1. The molecule has 4 rings (SSSR count). The van der Waals surface area contributed by atoms with Crippen molar-refractivity contribution in [2.45, 2.75) is 44.9 Å². The third-order valence-corrected chi connectivity index (χ3v) is 5.51. The Kier molecular flexibility index (Phi) is 6.15. The van der Waals surface area contributed by atoms with Crippen LogP contribution in [0.15, 0.2) is 18.2 Å². The van der Waals surface area contributed by atoms with Gasteiger partial charge < -0.3 is 14.6 Å². The summed E-state index contributed by atoms with van der Waals surface area (Å²) in [5.74, 6) is 0.567. The van der Waals surface area contributed by atoms with Gasteiger partial charge in [-0.25, -0.2) is 8.78 Å². The second-order valence-electron chi connectivity index (χ2n) is 7.45. The minimum Gasteiger partial charge on any atom is -0.368 e. The minimum absolute atomic E-state index is 0.0730. The molecule has 1 saturated heterocycles. The monoisotopic (exact) mass is 405 g/mol. The molecular formula is C20H25F2N5O2. The van der Waals surface area contributed by atoms with Crippen LogP contribution >= 0.6 is 0 Å². The summed E-state index contributed by atoms with van der Waals surface area (Å²) in [7, 11) is 0. The lowest BCUT2D eigenvalue weighted by molar-refractivity contribution is -0.130. The van der Waals surface area contributed by atoms with Gasteiger partial charge in [-0.2, -0.15) is 0 Å². The van der Waals surface area contributed by atoms with E-state index in [2.05, 4.69) is 20.1 Å². The molecule has 9 heteroatoms. The third kappa shape index (κ3) is 4.62. The van der Waals surface area contributed by atoms with Gasteiger partial charge in [0, 0.05) is 57.7 Å². The first-order chi connectivity index (χ1) is 14.1. The van der Waals surface area contributed by atoms with E-state index in [1.54, 1.807) is 0 Å². The van der Waals surface area contributed by atoms with Crippen molar-refractivity contribution in [3.63, 3.8) is 0 Å². The molecule has 29 heavy (non-hydrogen) atoms. The number of halogens is 2. The summed E-state index contributed by atoms with van der Waals surface area (Å²) < 4.78 is 35.3. The molecule has 1 aromatic heterocycles. The molecule has 1 N–H and O–H groups in total. The molecule has 156 valence electrons. The van der Waals surface area contributed by atoms with Crippen LogP contribution in [0.2, 0.25) is 0 Å². The number of hydrogen-bond acceptors (Lipinski definition) is 5. The fourth-order valence-corrected chi connectivity index (χ4v) is 3.87. The quantitative estimate of drug-likeness (QED) is 0.788.